The van der Waals surface area contributed by atoms with Crippen molar-refractivity contribution >= 4 is 23.2 Å². The van der Waals surface area contributed by atoms with Gasteiger partial charge in [-0.1, -0.05) is 12.1 Å². The lowest BCUT2D eigenvalue weighted by Gasteiger charge is -2.17. The summed E-state index contributed by atoms with van der Waals surface area (Å²) in [6.45, 7) is 2.12. The predicted octanol–water partition coefficient (Wildman–Crippen LogP) is 2.90. The number of carboxylic acids is 1. The Morgan fingerprint density at radius 1 is 1.28 bits per heavy atom. The summed E-state index contributed by atoms with van der Waals surface area (Å²) in [6.07, 6.45) is 2.10. The molecule has 2 aromatic rings. The van der Waals surface area contributed by atoms with Crippen LogP contribution < -0.4 is 4.74 Å². The molecule has 1 aromatic heterocycles. The van der Waals surface area contributed by atoms with Crippen molar-refractivity contribution in [1.82, 2.24) is 9.88 Å². The minimum Gasteiger partial charge on any atom is -0.482 e. The smallest absolute Gasteiger partial charge is 0.341 e. The molecule has 0 saturated heterocycles. The topological polar surface area (TPSA) is 79.7 Å². The molecule has 0 aliphatic carbocycles. The van der Waals surface area contributed by atoms with Gasteiger partial charge in [-0.3, -0.25) is 4.79 Å². The molecule has 1 heterocycles. The van der Waals surface area contributed by atoms with Crippen LogP contribution in [-0.2, 0) is 22.6 Å². The molecule has 1 amide bonds. The quantitative estimate of drug-likeness (QED) is 0.742. The molecule has 7 heteroatoms. The number of hydrogen-bond donors (Lipinski definition) is 1. The van der Waals surface area contributed by atoms with Gasteiger partial charge in [0.2, 0.25) is 5.91 Å². The number of benzene rings is 1. The van der Waals surface area contributed by atoms with E-state index in [1.807, 2.05) is 24.4 Å². The fraction of sp³-hybridized carbons (Fsp3) is 0.389. The Morgan fingerprint density at radius 3 is 2.60 bits per heavy atom. The third-order valence-corrected chi connectivity index (χ3v) is 4.44. The highest BCUT2D eigenvalue weighted by molar-refractivity contribution is 7.09. The van der Waals surface area contributed by atoms with Crippen LogP contribution in [0.15, 0.2) is 29.6 Å². The second-order valence-corrected chi connectivity index (χ2v) is 6.85. The van der Waals surface area contributed by atoms with Gasteiger partial charge in [-0.05, 0) is 37.5 Å². The lowest BCUT2D eigenvalue weighted by atomic mass is 10.1. The maximum atomic E-state index is 12.2. The second kappa shape index (κ2) is 9.17. The zero-order chi connectivity index (χ0) is 18.2. The minimum atomic E-state index is -1.01. The monoisotopic (exact) mass is 362 g/mol. The van der Waals surface area contributed by atoms with E-state index in [0.717, 1.165) is 29.1 Å². The largest absolute Gasteiger partial charge is 0.482 e. The summed E-state index contributed by atoms with van der Waals surface area (Å²) in [7, 11) is 1.78. The summed E-state index contributed by atoms with van der Waals surface area (Å²) >= 11 is 1.63. The Bertz CT molecular complexity index is 712. The highest BCUT2D eigenvalue weighted by Crippen LogP contribution is 2.15. The molecule has 0 spiro atoms. The van der Waals surface area contributed by atoms with Gasteiger partial charge in [-0.15, -0.1) is 11.3 Å². The molecule has 0 radical (unpaired) electrons. The summed E-state index contributed by atoms with van der Waals surface area (Å²) in [4.78, 5) is 28.8. The summed E-state index contributed by atoms with van der Waals surface area (Å²) in [5.74, 6) is -0.418. The molecule has 25 heavy (non-hydrogen) atoms. The summed E-state index contributed by atoms with van der Waals surface area (Å²) in [6, 6.07) is 7.08. The molecule has 2 rings (SSSR count). The zero-order valence-electron chi connectivity index (χ0n) is 14.4. The number of rotatable bonds is 9. The highest BCUT2D eigenvalue weighted by atomic mass is 32.1. The number of carbonyl (C=O) groups is 2. The molecule has 0 fully saturated rings. The molecular weight excluding hydrogens is 340 g/mol. The molecule has 0 aliphatic heterocycles. The fourth-order valence-corrected chi connectivity index (χ4v) is 2.98. The van der Waals surface area contributed by atoms with Crippen LogP contribution >= 0.6 is 11.3 Å². The third kappa shape index (κ3) is 6.54. The highest BCUT2D eigenvalue weighted by Gasteiger charge is 2.10. The normalized spacial score (nSPS) is 10.5. The molecule has 0 saturated carbocycles. The lowest BCUT2D eigenvalue weighted by Crippen LogP contribution is -2.26. The van der Waals surface area contributed by atoms with Crippen molar-refractivity contribution < 1.29 is 19.4 Å². The first-order chi connectivity index (χ1) is 11.9. The zero-order valence-corrected chi connectivity index (χ0v) is 15.2. The van der Waals surface area contributed by atoms with Gasteiger partial charge in [0.1, 0.15) is 5.75 Å². The Balaban J connectivity index is 1.75. The minimum absolute atomic E-state index is 0.0955. The average Bonchev–Trinajstić information content (AvgIpc) is 2.99. The maximum Gasteiger partial charge on any atom is 0.341 e. The number of carbonyl (C=O) groups excluding carboxylic acids is 1. The lowest BCUT2D eigenvalue weighted by molar-refractivity contribution is -0.139. The molecule has 0 unspecified atom stereocenters. The third-order valence-electron chi connectivity index (χ3n) is 3.62. The first kappa shape index (κ1) is 18.9. The molecule has 0 bridgehead atoms. The van der Waals surface area contributed by atoms with Gasteiger partial charge in [0.15, 0.2) is 6.61 Å². The molecule has 0 aliphatic rings. The Hall–Kier alpha value is -2.41. The Labute approximate surface area is 151 Å². The maximum absolute atomic E-state index is 12.2. The van der Waals surface area contributed by atoms with Crippen molar-refractivity contribution in [3.63, 3.8) is 0 Å². The number of aryl methyl sites for hydroxylation is 2. The van der Waals surface area contributed by atoms with E-state index >= 15 is 0 Å². The molecule has 0 atom stereocenters. The average molecular weight is 362 g/mol. The van der Waals surface area contributed by atoms with Crippen LogP contribution in [0.2, 0.25) is 0 Å². The predicted molar refractivity (Wildman–Crippen MR) is 95.8 cm³/mol. The van der Waals surface area contributed by atoms with Crippen LogP contribution in [0.5, 0.6) is 5.75 Å². The number of ether oxygens (including phenoxy) is 1. The van der Waals surface area contributed by atoms with Gasteiger partial charge in [-0.25, -0.2) is 9.78 Å². The van der Waals surface area contributed by atoms with E-state index in [-0.39, 0.29) is 12.5 Å². The molecule has 1 aromatic carbocycles. The van der Waals surface area contributed by atoms with Crippen LogP contribution in [0.25, 0.3) is 0 Å². The number of hydrogen-bond acceptors (Lipinski definition) is 5. The van der Waals surface area contributed by atoms with E-state index in [9.17, 15) is 9.59 Å². The summed E-state index contributed by atoms with van der Waals surface area (Å²) in [5.41, 5.74) is 2.02. The number of carboxylic acid groups (broad SMARTS) is 1. The number of aliphatic carboxylic acids is 1. The van der Waals surface area contributed by atoms with Crippen molar-refractivity contribution in [2.45, 2.75) is 32.7 Å². The molecule has 134 valence electrons. The van der Waals surface area contributed by atoms with Crippen molar-refractivity contribution in [1.29, 1.82) is 0 Å². The van der Waals surface area contributed by atoms with E-state index in [1.54, 1.807) is 35.4 Å². The summed E-state index contributed by atoms with van der Waals surface area (Å²) in [5, 5.41) is 11.7. The first-order valence-electron chi connectivity index (χ1n) is 8.02. The van der Waals surface area contributed by atoms with Gasteiger partial charge in [0, 0.05) is 25.4 Å². The van der Waals surface area contributed by atoms with E-state index in [1.165, 1.54) is 0 Å². The first-order valence-corrected chi connectivity index (χ1v) is 8.90. The van der Waals surface area contributed by atoms with Crippen LogP contribution in [0.1, 0.15) is 29.1 Å². The number of nitrogens with zero attached hydrogens (tertiary/aromatic N) is 2. The fourth-order valence-electron chi connectivity index (χ4n) is 2.33. The van der Waals surface area contributed by atoms with E-state index in [4.69, 9.17) is 9.84 Å². The van der Waals surface area contributed by atoms with Crippen molar-refractivity contribution in [2.24, 2.45) is 0 Å². The van der Waals surface area contributed by atoms with Crippen LogP contribution in [-0.4, -0.2) is 40.5 Å². The van der Waals surface area contributed by atoms with Crippen molar-refractivity contribution in [3.8, 4) is 5.75 Å². The van der Waals surface area contributed by atoms with Crippen molar-refractivity contribution in [3.05, 3.63) is 45.9 Å². The van der Waals surface area contributed by atoms with Gasteiger partial charge in [0.05, 0.1) is 10.7 Å². The Morgan fingerprint density at radius 2 is 2.00 bits per heavy atom. The van der Waals surface area contributed by atoms with Crippen LogP contribution in [0.4, 0.5) is 0 Å². The SMILES string of the molecule is Cc1nc(CCCC(=O)N(C)Cc2ccc(OCC(=O)O)cc2)cs1. The van der Waals surface area contributed by atoms with Gasteiger partial charge < -0.3 is 14.7 Å². The van der Waals surface area contributed by atoms with Gasteiger partial charge in [0.25, 0.3) is 0 Å². The van der Waals surface area contributed by atoms with Crippen molar-refractivity contribution in [2.75, 3.05) is 13.7 Å². The van der Waals surface area contributed by atoms with Gasteiger partial charge in [-0.2, -0.15) is 0 Å². The number of thiazole rings is 1. The molecule has 6 nitrogen and oxygen atoms in total. The number of aromatic nitrogens is 1. The van der Waals surface area contributed by atoms with E-state index < -0.39 is 5.97 Å². The molecule has 1 N–H and O–H groups in total. The van der Waals surface area contributed by atoms with Gasteiger partial charge >= 0.3 is 5.97 Å². The Kier molecular flexibility index (Phi) is 6.94. The second-order valence-electron chi connectivity index (χ2n) is 5.79. The van der Waals surface area contributed by atoms with Crippen LogP contribution in [0.3, 0.4) is 0 Å². The van der Waals surface area contributed by atoms with Crippen LogP contribution in [0, 0.1) is 6.92 Å². The number of amides is 1. The van der Waals surface area contributed by atoms with E-state index in [2.05, 4.69) is 4.98 Å². The molecular formula is C18H22N2O4S. The van der Waals surface area contributed by atoms with E-state index in [0.29, 0.717) is 18.7 Å². The summed E-state index contributed by atoms with van der Waals surface area (Å²) < 4.78 is 5.09. The standard InChI is InChI=1S/C18H22N2O4S/c1-13-19-15(12-25-13)4-3-5-17(21)20(2)10-14-6-8-16(9-7-14)24-11-18(22)23/h6-9,12H,3-5,10-11H2,1-2H3,(H,22,23).